The van der Waals surface area contributed by atoms with Gasteiger partial charge in [0.1, 0.15) is 12.0 Å². The first kappa shape index (κ1) is 16.6. The van der Waals surface area contributed by atoms with Gasteiger partial charge in [0.05, 0.1) is 18.5 Å². The van der Waals surface area contributed by atoms with E-state index in [1.807, 2.05) is 31.3 Å². The monoisotopic (exact) mass is 316 g/mol. The Labute approximate surface area is 135 Å². The van der Waals surface area contributed by atoms with Crippen LogP contribution in [-0.4, -0.2) is 28.0 Å². The maximum absolute atomic E-state index is 11.1. The van der Waals surface area contributed by atoms with Gasteiger partial charge in [-0.1, -0.05) is 19.9 Å². The molecule has 6 heteroatoms. The molecule has 23 heavy (non-hydrogen) atoms. The SMILES string of the molecule is CO/C=C(\Oc1cc(-n2ccc(C(C)C)n2)ccc1C)C(=O)O. The smallest absolute Gasteiger partial charge is 0.375 e. The summed E-state index contributed by atoms with van der Waals surface area (Å²) < 4.78 is 11.9. The van der Waals surface area contributed by atoms with Crippen molar-refractivity contribution in [2.75, 3.05) is 7.11 Å². The number of aromatic nitrogens is 2. The van der Waals surface area contributed by atoms with Crippen LogP contribution < -0.4 is 4.74 Å². The van der Waals surface area contributed by atoms with Gasteiger partial charge in [-0.25, -0.2) is 9.48 Å². The van der Waals surface area contributed by atoms with E-state index in [4.69, 9.17) is 14.6 Å². The number of benzene rings is 1. The lowest BCUT2D eigenvalue weighted by Gasteiger charge is -2.11. The van der Waals surface area contributed by atoms with E-state index in [0.29, 0.717) is 11.7 Å². The number of aryl methyl sites for hydroxylation is 1. The third-order valence-corrected chi connectivity index (χ3v) is 3.29. The molecule has 122 valence electrons. The molecule has 2 aromatic rings. The standard InChI is InChI=1S/C17H20N2O4/c1-11(2)14-7-8-19(18-14)13-6-5-12(3)15(9-13)23-16(10-22-4)17(20)21/h5-11H,1-4H3,(H,20,21)/b16-10-. The molecule has 0 saturated heterocycles. The van der Waals surface area contributed by atoms with Crippen molar-refractivity contribution in [3.05, 3.63) is 53.7 Å². The number of nitrogens with zero attached hydrogens (tertiary/aromatic N) is 2. The van der Waals surface area contributed by atoms with E-state index in [-0.39, 0.29) is 5.76 Å². The molecule has 1 heterocycles. The Morgan fingerprint density at radius 3 is 2.65 bits per heavy atom. The summed E-state index contributed by atoms with van der Waals surface area (Å²) in [6.07, 6.45) is 2.92. The van der Waals surface area contributed by atoms with Crippen molar-refractivity contribution in [2.24, 2.45) is 0 Å². The molecule has 0 saturated carbocycles. The number of carboxylic acids is 1. The van der Waals surface area contributed by atoms with E-state index >= 15 is 0 Å². The number of hydrogen-bond acceptors (Lipinski definition) is 4. The van der Waals surface area contributed by atoms with Crippen LogP contribution in [0.3, 0.4) is 0 Å². The van der Waals surface area contributed by atoms with Crippen molar-refractivity contribution in [1.29, 1.82) is 0 Å². The summed E-state index contributed by atoms with van der Waals surface area (Å²) in [5, 5.41) is 13.6. The van der Waals surface area contributed by atoms with Gasteiger partial charge in [0, 0.05) is 12.3 Å². The summed E-state index contributed by atoms with van der Waals surface area (Å²) in [5.74, 6) is -0.704. The topological polar surface area (TPSA) is 73.6 Å². The average molecular weight is 316 g/mol. The molecule has 1 aromatic heterocycles. The van der Waals surface area contributed by atoms with Crippen LogP contribution in [0, 0.1) is 6.92 Å². The van der Waals surface area contributed by atoms with Crippen LogP contribution in [0.4, 0.5) is 0 Å². The predicted molar refractivity (Wildman–Crippen MR) is 85.7 cm³/mol. The van der Waals surface area contributed by atoms with Crippen LogP contribution >= 0.6 is 0 Å². The third-order valence-electron chi connectivity index (χ3n) is 3.29. The number of hydrogen-bond donors (Lipinski definition) is 1. The van der Waals surface area contributed by atoms with Crippen LogP contribution in [0.25, 0.3) is 5.69 Å². The van der Waals surface area contributed by atoms with Crippen molar-refractivity contribution in [3.63, 3.8) is 0 Å². The minimum atomic E-state index is -1.20. The molecule has 0 aliphatic heterocycles. The number of rotatable bonds is 6. The Morgan fingerprint density at radius 2 is 2.09 bits per heavy atom. The maximum atomic E-state index is 11.1. The highest BCUT2D eigenvalue weighted by Crippen LogP contribution is 2.24. The second-order valence-corrected chi connectivity index (χ2v) is 5.41. The summed E-state index contributed by atoms with van der Waals surface area (Å²) in [4.78, 5) is 11.1. The maximum Gasteiger partial charge on any atom is 0.375 e. The molecule has 2 rings (SSSR count). The van der Waals surface area contributed by atoms with E-state index < -0.39 is 5.97 Å². The molecule has 1 N–H and O–H groups in total. The normalized spacial score (nSPS) is 11.6. The molecule has 0 spiro atoms. The summed E-state index contributed by atoms with van der Waals surface area (Å²) in [6.45, 7) is 5.99. The van der Waals surface area contributed by atoms with Gasteiger partial charge in [0.15, 0.2) is 0 Å². The first-order chi connectivity index (χ1) is 10.9. The van der Waals surface area contributed by atoms with E-state index in [1.54, 1.807) is 10.7 Å². The van der Waals surface area contributed by atoms with Crippen LogP contribution in [0.5, 0.6) is 5.75 Å². The Morgan fingerprint density at radius 1 is 1.35 bits per heavy atom. The lowest BCUT2D eigenvalue weighted by molar-refractivity contribution is -0.135. The largest absolute Gasteiger partial charge is 0.500 e. The summed E-state index contributed by atoms with van der Waals surface area (Å²) in [7, 11) is 1.37. The molecule has 0 amide bonds. The van der Waals surface area contributed by atoms with Gasteiger partial charge in [-0.3, -0.25) is 0 Å². The van der Waals surface area contributed by atoms with Crippen molar-refractivity contribution in [3.8, 4) is 11.4 Å². The second-order valence-electron chi connectivity index (χ2n) is 5.41. The summed E-state index contributed by atoms with van der Waals surface area (Å²) in [6, 6.07) is 7.46. The molecule has 1 aromatic carbocycles. The highest BCUT2D eigenvalue weighted by molar-refractivity contribution is 5.84. The zero-order valence-corrected chi connectivity index (χ0v) is 13.6. The molecular weight excluding hydrogens is 296 g/mol. The van der Waals surface area contributed by atoms with Crippen molar-refractivity contribution < 1.29 is 19.4 Å². The van der Waals surface area contributed by atoms with Crippen LogP contribution in [0.2, 0.25) is 0 Å². The van der Waals surface area contributed by atoms with Crippen molar-refractivity contribution in [1.82, 2.24) is 9.78 Å². The number of carboxylic acid groups (broad SMARTS) is 1. The number of methoxy groups -OCH3 is 1. The second kappa shape index (κ2) is 7.00. The molecule has 0 unspecified atom stereocenters. The van der Waals surface area contributed by atoms with E-state index in [1.165, 1.54) is 7.11 Å². The Bertz CT molecular complexity index is 732. The lowest BCUT2D eigenvalue weighted by Crippen LogP contribution is -2.09. The average Bonchev–Trinajstić information content (AvgIpc) is 2.98. The van der Waals surface area contributed by atoms with Gasteiger partial charge in [-0.15, -0.1) is 0 Å². The van der Waals surface area contributed by atoms with E-state index in [2.05, 4.69) is 18.9 Å². The molecule has 0 aliphatic carbocycles. The summed E-state index contributed by atoms with van der Waals surface area (Å²) in [5.41, 5.74) is 2.59. The minimum Gasteiger partial charge on any atom is -0.500 e. The lowest BCUT2D eigenvalue weighted by atomic mass is 10.1. The fourth-order valence-electron chi connectivity index (χ4n) is 1.97. The van der Waals surface area contributed by atoms with Gasteiger partial charge in [-0.05, 0) is 30.5 Å². The van der Waals surface area contributed by atoms with Crippen molar-refractivity contribution in [2.45, 2.75) is 26.7 Å². The number of carbonyl (C=O) groups is 1. The third kappa shape index (κ3) is 3.91. The minimum absolute atomic E-state index is 0.281. The van der Waals surface area contributed by atoms with Crippen molar-refractivity contribution >= 4 is 5.97 Å². The first-order valence-corrected chi connectivity index (χ1v) is 7.23. The van der Waals surface area contributed by atoms with Crippen LogP contribution in [0.1, 0.15) is 31.0 Å². The van der Waals surface area contributed by atoms with Gasteiger partial charge < -0.3 is 14.6 Å². The fraction of sp³-hybridized carbons (Fsp3) is 0.294. The molecule has 0 bridgehead atoms. The summed E-state index contributed by atoms with van der Waals surface area (Å²) >= 11 is 0. The Hall–Kier alpha value is -2.76. The highest BCUT2D eigenvalue weighted by Gasteiger charge is 2.14. The van der Waals surface area contributed by atoms with E-state index in [9.17, 15) is 4.79 Å². The quantitative estimate of drug-likeness (QED) is 0.654. The zero-order chi connectivity index (χ0) is 17.0. The van der Waals surface area contributed by atoms with Crippen LogP contribution in [-0.2, 0) is 9.53 Å². The van der Waals surface area contributed by atoms with Gasteiger partial charge in [0.25, 0.3) is 0 Å². The number of ether oxygens (including phenoxy) is 2. The molecule has 0 radical (unpaired) electrons. The molecule has 6 nitrogen and oxygen atoms in total. The fourth-order valence-corrected chi connectivity index (χ4v) is 1.97. The molecule has 0 atom stereocenters. The Kier molecular flexibility index (Phi) is 5.05. The van der Waals surface area contributed by atoms with E-state index in [0.717, 1.165) is 23.2 Å². The molecule has 0 aliphatic rings. The Balaban J connectivity index is 2.34. The highest BCUT2D eigenvalue weighted by atomic mass is 16.5. The van der Waals surface area contributed by atoms with Crippen LogP contribution in [0.15, 0.2) is 42.5 Å². The van der Waals surface area contributed by atoms with Gasteiger partial charge >= 0.3 is 5.97 Å². The predicted octanol–water partition coefficient (Wildman–Crippen LogP) is 3.26. The molecular formula is C17H20N2O4. The zero-order valence-electron chi connectivity index (χ0n) is 13.6. The first-order valence-electron chi connectivity index (χ1n) is 7.23. The van der Waals surface area contributed by atoms with Gasteiger partial charge in [0.2, 0.25) is 5.76 Å². The number of aliphatic carboxylic acids is 1. The molecule has 0 fully saturated rings. The van der Waals surface area contributed by atoms with Gasteiger partial charge in [-0.2, -0.15) is 5.10 Å².